The van der Waals surface area contributed by atoms with E-state index in [9.17, 15) is 18.0 Å². The highest BCUT2D eigenvalue weighted by Gasteiger charge is 2.33. The molecule has 1 amide bonds. The normalized spacial score (nSPS) is 12.8. The fourth-order valence-corrected chi connectivity index (χ4v) is 2.40. The molecule has 9 heteroatoms. The number of hydrogen-bond donors (Lipinski definition) is 1. The number of benzene rings is 1. The van der Waals surface area contributed by atoms with Crippen molar-refractivity contribution in [3.05, 3.63) is 64.4 Å². The van der Waals surface area contributed by atoms with Gasteiger partial charge in [-0.1, -0.05) is 47.1 Å². The van der Waals surface area contributed by atoms with E-state index in [4.69, 9.17) is 11.6 Å². The first-order valence-electron chi connectivity index (χ1n) is 6.97. The molecule has 2 aromatic rings. The molecular formula is C16H13ClF3N3O2. The number of pyridine rings is 1. The van der Waals surface area contributed by atoms with Crippen molar-refractivity contribution in [1.29, 1.82) is 0 Å². The highest BCUT2D eigenvalue weighted by Crippen LogP contribution is 2.34. The van der Waals surface area contributed by atoms with E-state index >= 15 is 0 Å². The van der Waals surface area contributed by atoms with Gasteiger partial charge in [0.2, 0.25) is 5.91 Å². The van der Waals surface area contributed by atoms with Crippen LogP contribution in [0.15, 0.2) is 47.8 Å². The molecule has 1 heterocycles. The van der Waals surface area contributed by atoms with E-state index in [2.05, 4.69) is 20.3 Å². The second kappa shape index (κ2) is 7.98. The average Bonchev–Trinajstić information content (AvgIpc) is 2.57. The van der Waals surface area contributed by atoms with E-state index in [-0.39, 0.29) is 10.7 Å². The lowest BCUT2D eigenvalue weighted by Gasteiger charge is -2.17. The number of nitrogens with zero attached hydrogens (tertiary/aromatic N) is 2. The van der Waals surface area contributed by atoms with Gasteiger partial charge in [-0.25, -0.2) is 0 Å². The number of nitrogens with one attached hydrogen (secondary N) is 1. The number of aromatic nitrogens is 1. The molecule has 0 bridgehead atoms. The topological polar surface area (TPSA) is 63.6 Å². The smallest absolute Gasteiger partial charge is 0.398 e. The summed E-state index contributed by atoms with van der Waals surface area (Å²) in [6, 6.07) is 9.16. The third kappa shape index (κ3) is 4.69. The molecule has 132 valence electrons. The van der Waals surface area contributed by atoms with Crippen LogP contribution in [0.3, 0.4) is 0 Å². The van der Waals surface area contributed by atoms with Gasteiger partial charge in [-0.05, 0) is 11.6 Å². The first-order valence-corrected chi connectivity index (χ1v) is 7.35. The molecule has 0 spiro atoms. The molecule has 0 radical (unpaired) electrons. The van der Waals surface area contributed by atoms with Crippen LogP contribution >= 0.6 is 11.6 Å². The number of halogens is 4. The lowest BCUT2D eigenvalue weighted by atomic mass is 9.94. The Kier molecular flexibility index (Phi) is 5.97. The van der Waals surface area contributed by atoms with Crippen LogP contribution in [0.4, 0.5) is 13.2 Å². The summed E-state index contributed by atoms with van der Waals surface area (Å²) in [5.41, 5.74) is -0.474. The molecule has 0 saturated heterocycles. The van der Waals surface area contributed by atoms with Gasteiger partial charge in [0.25, 0.3) is 0 Å². The third-order valence-corrected chi connectivity index (χ3v) is 3.53. The van der Waals surface area contributed by atoms with E-state index in [0.29, 0.717) is 11.8 Å². The number of carbonyl (C=O) groups is 1. The van der Waals surface area contributed by atoms with E-state index in [0.717, 1.165) is 12.4 Å². The second-order valence-corrected chi connectivity index (χ2v) is 5.27. The monoisotopic (exact) mass is 371 g/mol. The summed E-state index contributed by atoms with van der Waals surface area (Å²) in [7, 11) is 1.30. The third-order valence-electron chi connectivity index (χ3n) is 3.23. The van der Waals surface area contributed by atoms with Crippen molar-refractivity contribution in [2.24, 2.45) is 5.16 Å². The van der Waals surface area contributed by atoms with E-state index in [1.54, 1.807) is 30.3 Å². The summed E-state index contributed by atoms with van der Waals surface area (Å²) in [6.45, 7) is 0. The Morgan fingerprint density at radius 3 is 2.60 bits per heavy atom. The van der Waals surface area contributed by atoms with Gasteiger partial charge in [-0.2, -0.15) is 13.2 Å². The van der Waals surface area contributed by atoms with Crippen LogP contribution in [-0.2, 0) is 15.8 Å². The van der Waals surface area contributed by atoms with Crippen LogP contribution < -0.4 is 5.32 Å². The molecule has 1 unspecified atom stereocenters. The van der Waals surface area contributed by atoms with Gasteiger partial charge in [0, 0.05) is 6.20 Å². The van der Waals surface area contributed by atoms with Crippen molar-refractivity contribution < 1.29 is 22.8 Å². The Labute approximate surface area is 146 Å². The molecule has 0 aliphatic carbocycles. The Morgan fingerprint density at radius 2 is 2.04 bits per heavy atom. The number of oxime groups is 1. The van der Waals surface area contributed by atoms with Crippen molar-refractivity contribution in [3.8, 4) is 0 Å². The highest BCUT2D eigenvalue weighted by molar-refractivity contribution is 6.31. The van der Waals surface area contributed by atoms with Crippen LogP contribution in [-0.4, -0.2) is 24.3 Å². The predicted octanol–water partition coefficient (Wildman–Crippen LogP) is 3.59. The Bertz CT molecular complexity index is 767. The van der Waals surface area contributed by atoms with Gasteiger partial charge in [0.15, 0.2) is 0 Å². The summed E-state index contributed by atoms with van der Waals surface area (Å²) in [6.07, 6.45) is -2.91. The summed E-state index contributed by atoms with van der Waals surface area (Å²) < 4.78 is 38.3. The Balaban J connectivity index is 2.46. The average molecular weight is 372 g/mol. The predicted molar refractivity (Wildman–Crippen MR) is 86.2 cm³/mol. The molecule has 25 heavy (non-hydrogen) atoms. The molecule has 0 aliphatic rings. The van der Waals surface area contributed by atoms with Gasteiger partial charge in [0.05, 0.1) is 16.3 Å². The molecule has 2 rings (SSSR count). The first kappa shape index (κ1) is 18.7. The quantitative estimate of drug-likeness (QED) is 0.496. The second-order valence-electron chi connectivity index (χ2n) is 4.86. The number of carbonyl (C=O) groups excluding carboxylic acids is 1. The standard InChI is InChI=1S/C16H13ClF3N3O2/c1-25-23-9-22-15(24)13(10-5-3-2-4-6-10)14-12(17)7-11(8-21-14)16(18,19)20/h2-9,13H,1H3,(H,22,23,24). The van der Waals surface area contributed by atoms with Gasteiger partial charge >= 0.3 is 6.18 Å². The maximum atomic E-state index is 12.8. The number of rotatable bonds is 5. The van der Waals surface area contributed by atoms with Gasteiger partial charge < -0.3 is 10.2 Å². The maximum Gasteiger partial charge on any atom is 0.417 e. The molecule has 1 N–H and O–H groups in total. The van der Waals surface area contributed by atoms with Crippen molar-refractivity contribution in [3.63, 3.8) is 0 Å². The van der Waals surface area contributed by atoms with E-state index < -0.39 is 23.6 Å². The molecule has 1 atom stereocenters. The zero-order valence-electron chi connectivity index (χ0n) is 12.9. The van der Waals surface area contributed by atoms with Crippen molar-refractivity contribution in [2.45, 2.75) is 12.1 Å². The lowest BCUT2D eigenvalue weighted by Crippen LogP contribution is -2.30. The fourth-order valence-electron chi connectivity index (χ4n) is 2.12. The molecule has 0 fully saturated rings. The fraction of sp³-hybridized carbons (Fsp3) is 0.188. The van der Waals surface area contributed by atoms with Gasteiger partial charge in [-0.3, -0.25) is 9.78 Å². The summed E-state index contributed by atoms with van der Waals surface area (Å²) in [5.74, 6) is -1.58. The van der Waals surface area contributed by atoms with E-state index in [1.165, 1.54) is 7.11 Å². The molecule has 5 nitrogen and oxygen atoms in total. The van der Waals surface area contributed by atoms with Crippen molar-refractivity contribution in [2.75, 3.05) is 7.11 Å². The number of alkyl halides is 3. The molecule has 0 saturated carbocycles. The van der Waals surface area contributed by atoms with Gasteiger partial charge in [0.1, 0.15) is 19.4 Å². The maximum absolute atomic E-state index is 12.8. The lowest BCUT2D eigenvalue weighted by molar-refractivity contribution is -0.137. The van der Waals surface area contributed by atoms with Crippen LogP contribution in [0, 0.1) is 0 Å². The first-order chi connectivity index (χ1) is 11.8. The van der Waals surface area contributed by atoms with Crippen LogP contribution in [0.2, 0.25) is 5.02 Å². The molecule has 0 aliphatic heterocycles. The van der Waals surface area contributed by atoms with Crippen molar-refractivity contribution >= 4 is 23.8 Å². The zero-order chi connectivity index (χ0) is 18.4. The Morgan fingerprint density at radius 1 is 1.36 bits per heavy atom. The summed E-state index contributed by atoms with van der Waals surface area (Å²) in [5, 5.41) is 5.51. The Hall–Kier alpha value is -2.61. The largest absolute Gasteiger partial charge is 0.417 e. The zero-order valence-corrected chi connectivity index (χ0v) is 13.7. The van der Waals surface area contributed by atoms with E-state index in [1.807, 2.05) is 0 Å². The van der Waals surface area contributed by atoms with Gasteiger partial charge in [-0.15, -0.1) is 0 Å². The van der Waals surface area contributed by atoms with Crippen LogP contribution in [0.1, 0.15) is 22.7 Å². The minimum Gasteiger partial charge on any atom is -0.398 e. The summed E-state index contributed by atoms with van der Waals surface area (Å²) in [4.78, 5) is 20.7. The van der Waals surface area contributed by atoms with Crippen LogP contribution in [0.5, 0.6) is 0 Å². The number of amides is 1. The van der Waals surface area contributed by atoms with Crippen molar-refractivity contribution in [1.82, 2.24) is 10.3 Å². The minimum absolute atomic E-state index is 0.00387. The molecule has 1 aromatic carbocycles. The number of hydrogen-bond acceptors (Lipinski definition) is 4. The SMILES string of the molecule is CON=CNC(=O)C(c1ccccc1)c1ncc(C(F)(F)F)cc1Cl. The minimum atomic E-state index is -4.58. The summed E-state index contributed by atoms with van der Waals surface area (Å²) >= 11 is 5.98. The highest BCUT2D eigenvalue weighted by atomic mass is 35.5. The molecule has 1 aromatic heterocycles. The van der Waals surface area contributed by atoms with Crippen LogP contribution in [0.25, 0.3) is 0 Å². The molecular weight excluding hydrogens is 359 g/mol.